The highest BCUT2D eigenvalue weighted by Gasteiger charge is 2.08. The van der Waals surface area contributed by atoms with Gasteiger partial charge in [-0.25, -0.2) is 9.50 Å². The number of nitrogens with zero attached hydrogens (tertiary/aromatic N) is 3. The summed E-state index contributed by atoms with van der Waals surface area (Å²) >= 11 is 5.85. The van der Waals surface area contributed by atoms with Gasteiger partial charge in [0.25, 0.3) is 0 Å². The molecular weight excluding hydrogens is 278 g/mol. The van der Waals surface area contributed by atoms with Gasteiger partial charge in [0.2, 0.25) is 0 Å². The highest BCUT2D eigenvalue weighted by molar-refractivity contribution is 6.30. The number of rotatable bonds is 3. The van der Waals surface area contributed by atoms with E-state index in [0.717, 1.165) is 11.3 Å². The summed E-state index contributed by atoms with van der Waals surface area (Å²) in [6.45, 7) is 0. The molecule has 0 saturated carbocycles. The number of aromatic nitrogens is 3. The van der Waals surface area contributed by atoms with Crippen LogP contribution in [0, 0.1) is 0 Å². The van der Waals surface area contributed by atoms with Gasteiger partial charge >= 0.3 is 5.97 Å². The maximum atomic E-state index is 10.7. The van der Waals surface area contributed by atoms with Crippen LogP contribution in [0.3, 0.4) is 0 Å². The number of fused-ring (bicyclic) bond motifs is 1. The predicted octanol–water partition coefficient (Wildman–Crippen LogP) is 2.68. The minimum absolute atomic E-state index is 0.111. The highest BCUT2D eigenvalue weighted by Crippen LogP contribution is 2.20. The third-order valence-electron chi connectivity index (χ3n) is 2.84. The number of hydrogen-bond acceptors (Lipinski definition) is 3. The van der Waals surface area contributed by atoms with Gasteiger partial charge in [0.1, 0.15) is 0 Å². The van der Waals surface area contributed by atoms with Crippen molar-refractivity contribution in [1.82, 2.24) is 14.6 Å². The average molecular weight is 288 g/mol. The summed E-state index contributed by atoms with van der Waals surface area (Å²) in [6, 6.07) is 11.0. The van der Waals surface area contributed by atoms with E-state index in [2.05, 4.69) is 10.1 Å². The first-order valence-electron chi connectivity index (χ1n) is 5.95. The molecule has 0 aliphatic carbocycles. The number of halogens is 1. The molecule has 1 aromatic carbocycles. The van der Waals surface area contributed by atoms with Crippen molar-refractivity contribution < 1.29 is 9.90 Å². The minimum atomic E-state index is -0.911. The molecule has 0 amide bonds. The van der Waals surface area contributed by atoms with Gasteiger partial charge in [-0.15, -0.1) is 0 Å². The lowest BCUT2D eigenvalue weighted by Gasteiger charge is -2.01. The van der Waals surface area contributed by atoms with Crippen LogP contribution in [0.25, 0.3) is 16.9 Å². The number of aliphatic carboxylic acids is 1. The molecule has 0 unspecified atom stereocenters. The summed E-state index contributed by atoms with van der Waals surface area (Å²) in [7, 11) is 0. The van der Waals surface area contributed by atoms with E-state index < -0.39 is 5.97 Å². The van der Waals surface area contributed by atoms with E-state index in [9.17, 15) is 4.79 Å². The standard InChI is InChI=1S/C14H10ClN3O2/c15-10-3-1-9(2-4-10)12-5-6-13-16-11(7-14(19)20)8-18(13)17-12/h1-6,8H,7H2,(H,19,20). The lowest BCUT2D eigenvalue weighted by molar-refractivity contribution is -0.136. The second-order valence-electron chi connectivity index (χ2n) is 4.33. The molecule has 0 aliphatic rings. The van der Waals surface area contributed by atoms with E-state index in [0.29, 0.717) is 16.4 Å². The Morgan fingerprint density at radius 3 is 2.65 bits per heavy atom. The third kappa shape index (κ3) is 2.48. The van der Waals surface area contributed by atoms with E-state index in [4.69, 9.17) is 16.7 Å². The minimum Gasteiger partial charge on any atom is -0.481 e. The molecule has 3 rings (SSSR count). The molecule has 2 aromatic heterocycles. The largest absolute Gasteiger partial charge is 0.481 e. The first-order valence-corrected chi connectivity index (χ1v) is 6.33. The quantitative estimate of drug-likeness (QED) is 0.804. The van der Waals surface area contributed by atoms with Crippen molar-refractivity contribution in [2.75, 3.05) is 0 Å². The molecule has 0 saturated heterocycles. The van der Waals surface area contributed by atoms with Crippen molar-refractivity contribution in [3.8, 4) is 11.3 Å². The molecule has 2 heterocycles. The van der Waals surface area contributed by atoms with Crippen LogP contribution in [0.5, 0.6) is 0 Å². The fourth-order valence-electron chi connectivity index (χ4n) is 1.95. The molecular formula is C14H10ClN3O2. The van der Waals surface area contributed by atoms with Crippen molar-refractivity contribution in [3.05, 3.63) is 53.3 Å². The number of carboxylic acids is 1. The van der Waals surface area contributed by atoms with Crippen molar-refractivity contribution in [1.29, 1.82) is 0 Å². The van der Waals surface area contributed by atoms with Crippen LogP contribution in [0.1, 0.15) is 5.69 Å². The van der Waals surface area contributed by atoms with E-state index in [-0.39, 0.29) is 6.42 Å². The van der Waals surface area contributed by atoms with Gasteiger partial charge in [0.15, 0.2) is 5.65 Å². The van der Waals surface area contributed by atoms with Crippen molar-refractivity contribution in [3.63, 3.8) is 0 Å². The number of carbonyl (C=O) groups is 1. The lowest BCUT2D eigenvalue weighted by Crippen LogP contribution is -1.99. The van der Waals surface area contributed by atoms with Crippen LogP contribution < -0.4 is 0 Å². The van der Waals surface area contributed by atoms with Gasteiger partial charge in [-0.3, -0.25) is 4.79 Å². The SMILES string of the molecule is O=C(O)Cc1cn2nc(-c3ccc(Cl)cc3)ccc2n1. The van der Waals surface area contributed by atoms with Crippen LogP contribution in [0.2, 0.25) is 5.02 Å². The summed E-state index contributed by atoms with van der Waals surface area (Å²) in [6.07, 6.45) is 1.52. The van der Waals surface area contributed by atoms with Gasteiger partial charge in [-0.2, -0.15) is 5.10 Å². The van der Waals surface area contributed by atoms with Crippen LogP contribution in [0.15, 0.2) is 42.6 Å². The predicted molar refractivity (Wildman–Crippen MR) is 74.8 cm³/mol. The van der Waals surface area contributed by atoms with Gasteiger partial charge in [0.05, 0.1) is 24.0 Å². The van der Waals surface area contributed by atoms with Crippen molar-refractivity contribution in [2.45, 2.75) is 6.42 Å². The molecule has 20 heavy (non-hydrogen) atoms. The first kappa shape index (κ1) is 12.6. The third-order valence-corrected chi connectivity index (χ3v) is 3.09. The van der Waals surface area contributed by atoms with Crippen LogP contribution in [-0.2, 0) is 11.2 Å². The zero-order valence-electron chi connectivity index (χ0n) is 10.3. The maximum absolute atomic E-state index is 10.7. The molecule has 0 bridgehead atoms. The Kier molecular flexibility index (Phi) is 3.12. The van der Waals surface area contributed by atoms with Crippen molar-refractivity contribution in [2.24, 2.45) is 0 Å². The maximum Gasteiger partial charge on any atom is 0.309 e. The monoisotopic (exact) mass is 287 g/mol. The molecule has 0 aliphatic heterocycles. The number of imidazole rings is 1. The number of benzene rings is 1. The zero-order chi connectivity index (χ0) is 14.1. The lowest BCUT2D eigenvalue weighted by atomic mass is 10.1. The average Bonchev–Trinajstić information content (AvgIpc) is 2.79. The van der Waals surface area contributed by atoms with E-state index in [1.807, 2.05) is 24.3 Å². The Bertz CT molecular complexity index is 781. The summed E-state index contributed by atoms with van der Waals surface area (Å²) in [5.41, 5.74) is 2.82. The fourth-order valence-corrected chi connectivity index (χ4v) is 2.07. The summed E-state index contributed by atoms with van der Waals surface area (Å²) < 4.78 is 1.59. The molecule has 0 radical (unpaired) electrons. The summed E-state index contributed by atoms with van der Waals surface area (Å²) in [5.74, 6) is -0.911. The molecule has 100 valence electrons. The molecule has 0 spiro atoms. The summed E-state index contributed by atoms with van der Waals surface area (Å²) in [4.78, 5) is 14.9. The Hall–Kier alpha value is -2.40. The number of hydrogen-bond donors (Lipinski definition) is 1. The summed E-state index contributed by atoms with van der Waals surface area (Å²) in [5, 5.41) is 13.9. The Morgan fingerprint density at radius 2 is 1.95 bits per heavy atom. The molecule has 0 fully saturated rings. The normalized spacial score (nSPS) is 10.8. The zero-order valence-corrected chi connectivity index (χ0v) is 11.1. The van der Waals surface area contributed by atoms with E-state index >= 15 is 0 Å². The Balaban J connectivity index is 2.01. The van der Waals surface area contributed by atoms with Gasteiger partial charge in [0, 0.05) is 10.6 Å². The van der Waals surface area contributed by atoms with Gasteiger partial charge in [-0.1, -0.05) is 23.7 Å². The topological polar surface area (TPSA) is 67.5 Å². The highest BCUT2D eigenvalue weighted by atomic mass is 35.5. The molecule has 0 atom stereocenters. The van der Waals surface area contributed by atoms with Crippen LogP contribution >= 0.6 is 11.6 Å². The fraction of sp³-hybridized carbons (Fsp3) is 0.0714. The smallest absolute Gasteiger partial charge is 0.309 e. The molecule has 6 heteroatoms. The van der Waals surface area contributed by atoms with E-state index in [1.54, 1.807) is 22.8 Å². The second-order valence-corrected chi connectivity index (χ2v) is 4.77. The Labute approximate surface area is 119 Å². The molecule has 3 aromatic rings. The second kappa shape index (κ2) is 4.94. The van der Waals surface area contributed by atoms with Crippen LogP contribution in [0.4, 0.5) is 0 Å². The molecule has 1 N–H and O–H groups in total. The van der Waals surface area contributed by atoms with Gasteiger partial charge in [-0.05, 0) is 24.3 Å². The molecule has 5 nitrogen and oxygen atoms in total. The first-order chi connectivity index (χ1) is 9.61. The van der Waals surface area contributed by atoms with E-state index in [1.165, 1.54) is 0 Å². The Morgan fingerprint density at radius 1 is 1.20 bits per heavy atom. The van der Waals surface area contributed by atoms with Crippen LogP contribution in [-0.4, -0.2) is 25.7 Å². The van der Waals surface area contributed by atoms with Crippen molar-refractivity contribution >= 4 is 23.2 Å². The number of carboxylic acid groups (broad SMARTS) is 1. The van der Waals surface area contributed by atoms with Gasteiger partial charge < -0.3 is 5.11 Å².